The Morgan fingerprint density at radius 2 is 1.38 bits per heavy atom. The Morgan fingerprint density at radius 1 is 0.853 bits per heavy atom. The number of anilines is 2. The van der Waals surface area contributed by atoms with E-state index in [1.165, 1.54) is 11.1 Å². The van der Waals surface area contributed by atoms with Crippen LogP contribution < -0.4 is 15.0 Å². The first kappa shape index (κ1) is 23.6. The van der Waals surface area contributed by atoms with Crippen molar-refractivity contribution in [3.63, 3.8) is 0 Å². The number of ether oxygens (including phenoxy) is 1. The first-order valence-corrected chi connectivity index (χ1v) is 11.7. The third-order valence-corrected chi connectivity index (χ3v) is 6.63. The van der Waals surface area contributed by atoms with Crippen LogP contribution in [0.4, 0.5) is 11.4 Å². The Balaban J connectivity index is 1.73. The van der Waals surface area contributed by atoms with Crippen molar-refractivity contribution >= 4 is 23.2 Å². The van der Waals surface area contributed by atoms with Crippen LogP contribution >= 0.6 is 0 Å². The van der Waals surface area contributed by atoms with E-state index in [2.05, 4.69) is 33.0 Å². The van der Waals surface area contributed by atoms with Crippen LogP contribution in [-0.4, -0.2) is 18.9 Å². The second kappa shape index (κ2) is 9.34. The van der Waals surface area contributed by atoms with Gasteiger partial charge in [-0.1, -0.05) is 64.1 Å². The zero-order valence-electron chi connectivity index (χ0n) is 20.5. The number of hydrogen-bond acceptors (Lipinski definition) is 3. The number of nitrogens with one attached hydrogen (secondary N) is 1. The van der Waals surface area contributed by atoms with Crippen molar-refractivity contribution < 1.29 is 14.3 Å². The monoisotopic (exact) mass is 456 g/mol. The van der Waals surface area contributed by atoms with E-state index < -0.39 is 5.54 Å². The van der Waals surface area contributed by atoms with Crippen molar-refractivity contribution in [2.24, 2.45) is 0 Å². The first-order valence-electron chi connectivity index (χ1n) is 11.7. The van der Waals surface area contributed by atoms with Crippen LogP contribution in [0.2, 0.25) is 0 Å². The van der Waals surface area contributed by atoms with E-state index in [0.29, 0.717) is 29.0 Å². The van der Waals surface area contributed by atoms with Crippen molar-refractivity contribution in [3.05, 3.63) is 89.5 Å². The Bertz CT molecular complexity index is 1170. The molecule has 0 bridgehead atoms. The van der Waals surface area contributed by atoms with Crippen LogP contribution in [0.25, 0.3) is 0 Å². The Morgan fingerprint density at radius 3 is 1.85 bits per heavy atom. The van der Waals surface area contributed by atoms with Crippen molar-refractivity contribution in [2.45, 2.75) is 51.5 Å². The fraction of sp³-hybridized carbons (Fsp3) is 0.310. The molecule has 1 saturated heterocycles. The summed E-state index contributed by atoms with van der Waals surface area (Å²) in [7, 11) is 1.60. The van der Waals surface area contributed by atoms with Crippen molar-refractivity contribution in [1.82, 2.24) is 0 Å². The first-order chi connectivity index (χ1) is 16.3. The summed E-state index contributed by atoms with van der Waals surface area (Å²) in [6.07, 6.45) is 0.0984. The maximum atomic E-state index is 13.9. The molecular formula is C29H32N2O3. The molecule has 1 unspecified atom stereocenters. The molecule has 1 fully saturated rings. The van der Waals surface area contributed by atoms with E-state index in [-0.39, 0.29) is 18.2 Å². The van der Waals surface area contributed by atoms with Crippen LogP contribution in [0.1, 0.15) is 62.6 Å². The van der Waals surface area contributed by atoms with E-state index in [1.807, 2.05) is 72.8 Å². The van der Waals surface area contributed by atoms with Gasteiger partial charge < -0.3 is 10.1 Å². The molecule has 1 heterocycles. The second-order valence-electron chi connectivity index (χ2n) is 9.47. The lowest BCUT2D eigenvalue weighted by atomic mass is 9.76. The molecule has 176 valence electrons. The van der Waals surface area contributed by atoms with Crippen LogP contribution in [0.3, 0.4) is 0 Å². The van der Waals surface area contributed by atoms with Gasteiger partial charge in [0.2, 0.25) is 5.91 Å². The zero-order chi connectivity index (χ0) is 24.5. The highest BCUT2D eigenvalue weighted by Gasteiger charge is 2.58. The van der Waals surface area contributed by atoms with Gasteiger partial charge in [0.1, 0.15) is 5.75 Å². The molecule has 34 heavy (non-hydrogen) atoms. The van der Waals surface area contributed by atoms with Crippen molar-refractivity contribution in [2.75, 3.05) is 17.3 Å². The largest absolute Gasteiger partial charge is 0.497 e. The number of hydrogen-bond donors (Lipinski definition) is 1. The molecule has 1 N–H and O–H groups in total. The molecule has 0 aliphatic carbocycles. The summed E-state index contributed by atoms with van der Waals surface area (Å²) in [5, 5.41) is 3.06. The predicted octanol–water partition coefficient (Wildman–Crippen LogP) is 6.21. The number of benzene rings is 3. The van der Waals surface area contributed by atoms with Crippen LogP contribution in [0, 0.1) is 0 Å². The fourth-order valence-electron chi connectivity index (χ4n) is 4.47. The molecule has 1 atom stereocenters. The van der Waals surface area contributed by atoms with Gasteiger partial charge in [0.25, 0.3) is 5.91 Å². The lowest BCUT2D eigenvalue weighted by Crippen LogP contribution is -2.67. The van der Waals surface area contributed by atoms with Crippen LogP contribution in [0.15, 0.2) is 72.8 Å². The highest BCUT2D eigenvalue weighted by Crippen LogP contribution is 2.46. The average molecular weight is 457 g/mol. The summed E-state index contributed by atoms with van der Waals surface area (Å²) in [4.78, 5) is 28.4. The highest BCUT2D eigenvalue weighted by molar-refractivity contribution is 6.17. The number of methoxy groups -OCH3 is 1. The molecule has 5 heteroatoms. The minimum atomic E-state index is -1.14. The molecule has 0 spiro atoms. The summed E-state index contributed by atoms with van der Waals surface area (Å²) in [6, 6.07) is 23.1. The van der Waals surface area contributed by atoms with Gasteiger partial charge in [-0.05, 0) is 64.9 Å². The average Bonchev–Trinajstić information content (AvgIpc) is 2.83. The lowest BCUT2D eigenvalue weighted by Gasteiger charge is -2.50. The molecule has 0 saturated carbocycles. The number of nitrogens with zero attached hydrogens (tertiary/aromatic N) is 1. The van der Waals surface area contributed by atoms with Gasteiger partial charge in [-0.3, -0.25) is 14.5 Å². The molecule has 3 aromatic carbocycles. The highest BCUT2D eigenvalue weighted by atomic mass is 16.5. The quantitative estimate of drug-likeness (QED) is 0.430. The molecule has 2 amide bonds. The minimum absolute atomic E-state index is 0.0848. The molecule has 3 aromatic rings. The Hall–Kier alpha value is -3.60. The summed E-state index contributed by atoms with van der Waals surface area (Å²) >= 11 is 0. The molecule has 1 aliphatic heterocycles. The summed E-state index contributed by atoms with van der Waals surface area (Å²) in [5.74, 6) is 1.16. The molecule has 1 aliphatic rings. The minimum Gasteiger partial charge on any atom is -0.497 e. The van der Waals surface area contributed by atoms with Crippen LogP contribution in [0.5, 0.6) is 5.75 Å². The Labute approximate surface area is 201 Å². The number of carbonyl (C=O) groups is 2. The van der Waals surface area contributed by atoms with Crippen molar-refractivity contribution in [1.29, 1.82) is 0 Å². The summed E-state index contributed by atoms with van der Waals surface area (Å²) in [5.41, 5.74) is 3.41. The molecule has 5 nitrogen and oxygen atoms in total. The van der Waals surface area contributed by atoms with Gasteiger partial charge in [-0.25, -0.2) is 0 Å². The molecule has 0 radical (unpaired) electrons. The van der Waals surface area contributed by atoms with E-state index in [9.17, 15) is 9.59 Å². The standard InChI is InChI=1S/C29H32N2O3/c1-19(2)21-6-12-24(13-7-21)30-28(33)29(23-10-16-26(34-5)17-11-23)18-27(32)31(29)25-14-8-22(9-15-25)20(3)4/h6-17,19-20H,18H2,1-5H3,(H,30,33). The number of rotatable bonds is 7. The predicted molar refractivity (Wildman–Crippen MR) is 136 cm³/mol. The maximum absolute atomic E-state index is 13.9. The van der Waals surface area contributed by atoms with E-state index in [0.717, 1.165) is 5.56 Å². The van der Waals surface area contributed by atoms with Crippen molar-refractivity contribution in [3.8, 4) is 5.75 Å². The third kappa shape index (κ3) is 4.18. The molecule has 4 rings (SSSR count). The van der Waals surface area contributed by atoms with E-state index in [1.54, 1.807) is 12.0 Å². The van der Waals surface area contributed by atoms with E-state index in [4.69, 9.17) is 4.74 Å². The second-order valence-corrected chi connectivity index (χ2v) is 9.47. The van der Waals surface area contributed by atoms with Gasteiger partial charge in [-0.2, -0.15) is 0 Å². The smallest absolute Gasteiger partial charge is 0.255 e. The summed E-state index contributed by atoms with van der Waals surface area (Å²) in [6.45, 7) is 8.52. The third-order valence-electron chi connectivity index (χ3n) is 6.63. The van der Waals surface area contributed by atoms with Gasteiger partial charge >= 0.3 is 0 Å². The maximum Gasteiger partial charge on any atom is 0.255 e. The topological polar surface area (TPSA) is 58.6 Å². The summed E-state index contributed by atoms with van der Waals surface area (Å²) < 4.78 is 5.31. The van der Waals surface area contributed by atoms with E-state index >= 15 is 0 Å². The van der Waals surface area contributed by atoms with Gasteiger partial charge in [0.15, 0.2) is 5.54 Å². The van der Waals surface area contributed by atoms with Gasteiger partial charge in [-0.15, -0.1) is 0 Å². The number of β-lactam (4-membered cyclic amide) rings is 1. The fourth-order valence-corrected chi connectivity index (χ4v) is 4.47. The zero-order valence-corrected chi connectivity index (χ0v) is 20.5. The van der Waals surface area contributed by atoms with Crippen LogP contribution in [-0.2, 0) is 15.1 Å². The lowest BCUT2D eigenvalue weighted by molar-refractivity contribution is -0.137. The van der Waals surface area contributed by atoms with Gasteiger partial charge in [0.05, 0.1) is 13.5 Å². The molecule has 0 aromatic heterocycles. The normalized spacial score (nSPS) is 17.6. The van der Waals surface area contributed by atoms with Gasteiger partial charge in [0, 0.05) is 11.4 Å². The number of amides is 2. The Kier molecular flexibility index (Phi) is 6.47. The number of carbonyl (C=O) groups excluding carboxylic acids is 2. The SMILES string of the molecule is COc1ccc(C2(C(=O)Nc3ccc(C(C)C)cc3)CC(=O)N2c2ccc(C(C)C)cc2)cc1. The molecular weight excluding hydrogens is 424 g/mol.